The molecule has 2 aromatic rings. The van der Waals surface area contributed by atoms with Crippen LogP contribution in [0.15, 0.2) is 48.5 Å². The number of carbonyl (C=O) groups excluding carboxylic acids is 2. The van der Waals surface area contributed by atoms with E-state index in [-0.39, 0.29) is 18.2 Å². The zero-order valence-electron chi connectivity index (χ0n) is 15.5. The fraction of sp³-hybridized carbons (Fsp3) is 0.333. The summed E-state index contributed by atoms with van der Waals surface area (Å²) in [5.41, 5.74) is 2.98. The molecule has 138 valence electrons. The van der Waals surface area contributed by atoms with Gasteiger partial charge < -0.3 is 10.2 Å². The van der Waals surface area contributed by atoms with E-state index in [1.54, 1.807) is 24.0 Å². The maximum absolute atomic E-state index is 13.0. The average molecular weight is 373 g/mol. The van der Waals surface area contributed by atoms with Gasteiger partial charge in [0.15, 0.2) is 0 Å². The van der Waals surface area contributed by atoms with Crippen molar-refractivity contribution in [3.63, 3.8) is 0 Å². The molecule has 2 rings (SSSR count). The second-order valence-corrected chi connectivity index (χ2v) is 6.82. The van der Waals surface area contributed by atoms with E-state index < -0.39 is 6.04 Å². The summed E-state index contributed by atoms with van der Waals surface area (Å²) in [5, 5.41) is 3.44. The van der Waals surface area contributed by atoms with E-state index in [1.165, 1.54) is 0 Å². The lowest BCUT2D eigenvalue weighted by Gasteiger charge is -2.29. The molecule has 0 aromatic heterocycles. The first-order valence-electron chi connectivity index (χ1n) is 8.78. The normalized spacial score (nSPS) is 11.7. The zero-order chi connectivity index (χ0) is 19.1. The molecule has 0 bridgehead atoms. The third kappa shape index (κ3) is 5.60. The van der Waals surface area contributed by atoms with Gasteiger partial charge in [-0.15, -0.1) is 0 Å². The number of benzene rings is 2. The predicted molar refractivity (Wildman–Crippen MR) is 105 cm³/mol. The highest BCUT2D eigenvalue weighted by Gasteiger charge is 2.25. The lowest BCUT2D eigenvalue weighted by atomic mass is 10.1. The minimum absolute atomic E-state index is 0.0793. The molecule has 0 aliphatic heterocycles. The molecule has 0 aliphatic carbocycles. The molecule has 0 heterocycles. The number of halogens is 1. The van der Waals surface area contributed by atoms with Crippen LogP contribution in [-0.4, -0.2) is 29.3 Å². The second kappa shape index (κ2) is 9.39. The van der Waals surface area contributed by atoms with E-state index in [1.807, 2.05) is 50.2 Å². The fourth-order valence-corrected chi connectivity index (χ4v) is 2.92. The number of hydrogen-bond acceptors (Lipinski definition) is 2. The van der Waals surface area contributed by atoms with Crippen molar-refractivity contribution in [2.45, 2.75) is 39.8 Å². The topological polar surface area (TPSA) is 49.4 Å². The molecule has 5 heteroatoms. The first-order chi connectivity index (χ1) is 12.4. The molecule has 2 amide bonds. The van der Waals surface area contributed by atoms with Gasteiger partial charge >= 0.3 is 0 Å². The van der Waals surface area contributed by atoms with Gasteiger partial charge in [-0.1, -0.05) is 53.6 Å². The molecule has 0 radical (unpaired) electrons. The van der Waals surface area contributed by atoms with Crippen molar-refractivity contribution in [2.75, 3.05) is 6.54 Å². The van der Waals surface area contributed by atoms with Gasteiger partial charge in [-0.2, -0.15) is 0 Å². The van der Waals surface area contributed by atoms with Gasteiger partial charge in [-0.3, -0.25) is 9.59 Å². The summed E-state index contributed by atoms with van der Waals surface area (Å²) in [5.74, 6) is -0.233. The molecule has 0 spiro atoms. The van der Waals surface area contributed by atoms with E-state index in [4.69, 9.17) is 11.6 Å². The summed E-state index contributed by atoms with van der Waals surface area (Å²) >= 11 is 5.94. The first kappa shape index (κ1) is 20.0. The molecule has 0 saturated heterocycles. The predicted octanol–water partition coefficient (Wildman–Crippen LogP) is 3.74. The van der Waals surface area contributed by atoms with Crippen molar-refractivity contribution in [3.8, 4) is 0 Å². The number of amides is 2. The molecule has 4 nitrogen and oxygen atoms in total. The van der Waals surface area contributed by atoms with E-state index in [2.05, 4.69) is 5.32 Å². The summed E-state index contributed by atoms with van der Waals surface area (Å²) in [4.78, 5) is 26.9. The first-order valence-corrected chi connectivity index (χ1v) is 9.15. The van der Waals surface area contributed by atoms with Crippen LogP contribution in [-0.2, 0) is 22.6 Å². The zero-order valence-corrected chi connectivity index (χ0v) is 16.2. The van der Waals surface area contributed by atoms with Gasteiger partial charge in [0.05, 0.1) is 6.42 Å². The molecule has 1 N–H and O–H groups in total. The van der Waals surface area contributed by atoms with Crippen LogP contribution < -0.4 is 5.32 Å². The van der Waals surface area contributed by atoms with Crippen molar-refractivity contribution in [3.05, 3.63) is 70.2 Å². The highest BCUT2D eigenvalue weighted by Crippen LogP contribution is 2.15. The van der Waals surface area contributed by atoms with Gasteiger partial charge in [-0.25, -0.2) is 0 Å². The Bertz CT molecular complexity index is 759. The van der Waals surface area contributed by atoms with Crippen LogP contribution in [0.2, 0.25) is 5.02 Å². The fourth-order valence-electron chi connectivity index (χ4n) is 2.79. The van der Waals surface area contributed by atoms with Crippen molar-refractivity contribution < 1.29 is 9.59 Å². The smallest absolute Gasteiger partial charge is 0.242 e. The Labute approximate surface area is 160 Å². The average Bonchev–Trinajstić information content (AvgIpc) is 2.60. The molecule has 1 atom stereocenters. The van der Waals surface area contributed by atoms with Crippen molar-refractivity contribution >= 4 is 23.4 Å². The maximum atomic E-state index is 13.0. The molecule has 0 unspecified atom stereocenters. The number of rotatable bonds is 7. The summed E-state index contributed by atoms with van der Waals surface area (Å²) in [7, 11) is 0. The number of aryl methyl sites for hydroxylation is 1. The van der Waals surface area contributed by atoms with E-state index in [0.29, 0.717) is 18.1 Å². The Morgan fingerprint density at radius 2 is 1.81 bits per heavy atom. The molecule has 0 fully saturated rings. The Hall–Kier alpha value is -2.33. The molecular formula is C21H25ClN2O2. The van der Waals surface area contributed by atoms with Gasteiger partial charge in [0.1, 0.15) is 6.04 Å². The van der Waals surface area contributed by atoms with Crippen molar-refractivity contribution in [1.29, 1.82) is 0 Å². The Morgan fingerprint density at radius 1 is 1.12 bits per heavy atom. The molecular weight excluding hydrogens is 348 g/mol. The van der Waals surface area contributed by atoms with Gasteiger partial charge in [-0.05, 0) is 44.0 Å². The van der Waals surface area contributed by atoms with Gasteiger partial charge in [0.25, 0.3) is 0 Å². The van der Waals surface area contributed by atoms with Crippen LogP contribution in [0.4, 0.5) is 0 Å². The van der Waals surface area contributed by atoms with Crippen LogP contribution in [0.5, 0.6) is 0 Å². The number of nitrogens with zero attached hydrogens (tertiary/aromatic N) is 1. The summed E-state index contributed by atoms with van der Waals surface area (Å²) in [6, 6.07) is 14.6. The Morgan fingerprint density at radius 3 is 2.42 bits per heavy atom. The SMILES string of the molecule is CCNC(=O)[C@H](C)N(Cc1ccc(Cl)cc1)C(=O)Cc1cccc(C)c1. The van der Waals surface area contributed by atoms with Crippen molar-refractivity contribution in [2.24, 2.45) is 0 Å². The summed E-state index contributed by atoms with van der Waals surface area (Å²) in [6.45, 7) is 6.51. The van der Waals surface area contributed by atoms with Crippen LogP contribution >= 0.6 is 11.6 Å². The molecule has 2 aromatic carbocycles. The molecule has 0 aliphatic rings. The van der Waals surface area contributed by atoms with Gasteiger partial charge in [0.2, 0.25) is 11.8 Å². The summed E-state index contributed by atoms with van der Waals surface area (Å²) in [6.07, 6.45) is 0.263. The third-order valence-corrected chi connectivity index (χ3v) is 4.47. The van der Waals surface area contributed by atoms with Crippen LogP contribution in [0.1, 0.15) is 30.5 Å². The maximum Gasteiger partial charge on any atom is 0.242 e. The molecule has 26 heavy (non-hydrogen) atoms. The van der Waals surface area contributed by atoms with E-state index >= 15 is 0 Å². The third-order valence-electron chi connectivity index (χ3n) is 4.22. The van der Waals surface area contributed by atoms with E-state index in [0.717, 1.165) is 16.7 Å². The standard InChI is InChI=1S/C21H25ClN2O2/c1-4-23-21(26)16(3)24(14-17-8-10-19(22)11-9-17)20(25)13-18-7-5-6-15(2)12-18/h5-12,16H,4,13-14H2,1-3H3,(H,23,26)/t16-/m0/s1. The highest BCUT2D eigenvalue weighted by molar-refractivity contribution is 6.30. The number of nitrogens with one attached hydrogen (secondary N) is 1. The number of carbonyl (C=O) groups is 2. The second-order valence-electron chi connectivity index (χ2n) is 6.38. The number of hydrogen-bond donors (Lipinski definition) is 1. The quantitative estimate of drug-likeness (QED) is 0.804. The minimum atomic E-state index is -0.553. The highest BCUT2D eigenvalue weighted by atomic mass is 35.5. The molecule has 0 saturated carbocycles. The monoisotopic (exact) mass is 372 g/mol. The lowest BCUT2D eigenvalue weighted by molar-refractivity contribution is -0.140. The minimum Gasteiger partial charge on any atom is -0.355 e. The number of likely N-dealkylation sites (N-methyl/N-ethyl adjacent to an activating group) is 1. The van der Waals surface area contributed by atoms with Crippen LogP contribution in [0.3, 0.4) is 0 Å². The van der Waals surface area contributed by atoms with Crippen molar-refractivity contribution in [1.82, 2.24) is 10.2 Å². The largest absolute Gasteiger partial charge is 0.355 e. The Balaban J connectivity index is 2.21. The summed E-state index contributed by atoms with van der Waals surface area (Å²) < 4.78 is 0. The van der Waals surface area contributed by atoms with Crippen LogP contribution in [0.25, 0.3) is 0 Å². The van der Waals surface area contributed by atoms with Crippen LogP contribution in [0, 0.1) is 6.92 Å². The Kier molecular flexibility index (Phi) is 7.22. The van der Waals surface area contributed by atoms with E-state index in [9.17, 15) is 9.59 Å². The van der Waals surface area contributed by atoms with Gasteiger partial charge in [0, 0.05) is 18.1 Å². The lowest BCUT2D eigenvalue weighted by Crippen LogP contribution is -2.48.